The van der Waals surface area contributed by atoms with Crippen molar-refractivity contribution in [1.29, 1.82) is 0 Å². The predicted octanol–water partition coefficient (Wildman–Crippen LogP) is 2.53. The van der Waals surface area contributed by atoms with Crippen molar-refractivity contribution in [1.82, 2.24) is 5.32 Å². The highest BCUT2D eigenvalue weighted by Gasteiger charge is 2.10. The van der Waals surface area contributed by atoms with E-state index in [0.29, 0.717) is 32.1 Å². The Morgan fingerprint density at radius 3 is 2.89 bits per heavy atom. The van der Waals surface area contributed by atoms with Gasteiger partial charge in [0.15, 0.2) is 0 Å². The molecule has 4 nitrogen and oxygen atoms in total. The average molecular weight is 337 g/mol. The maximum atomic E-state index is 11.7. The Morgan fingerprint density at radius 2 is 2.22 bits per heavy atom. The summed E-state index contributed by atoms with van der Waals surface area (Å²) < 4.78 is 5.90. The molecule has 0 aliphatic heterocycles. The molecule has 1 rings (SSSR count). The van der Waals surface area contributed by atoms with Gasteiger partial charge in [0.05, 0.1) is 12.2 Å². The first-order valence-corrected chi connectivity index (χ1v) is 6.88. The second-order valence-electron chi connectivity index (χ2n) is 3.57. The zero-order valence-corrected chi connectivity index (χ0v) is 12.1. The highest BCUT2D eigenvalue weighted by Crippen LogP contribution is 2.21. The van der Waals surface area contributed by atoms with Gasteiger partial charge >= 0.3 is 0 Å². The van der Waals surface area contributed by atoms with Gasteiger partial charge in [-0.25, -0.2) is 0 Å². The van der Waals surface area contributed by atoms with E-state index in [1.807, 2.05) is 0 Å². The molecule has 6 heteroatoms. The van der Waals surface area contributed by atoms with Crippen molar-refractivity contribution in [3.8, 4) is 5.75 Å². The van der Waals surface area contributed by atoms with Crippen LogP contribution in [0.25, 0.3) is 0 Å². The number of aromatic hydroxyl groups is 1. The van der Waals surface area contributed by atoms with Crippen LogP contribution < -0.4 is 5.32 Å². The van der Waals surface area contributed by atoms with Crippen LogP contribution in [0.15, 0.2) is 22.7 Å². The fourth-order valence-corrected chi connectivity index (χ4v) is 1.78. The smallest absolute Gasteiger partial charge is 0.255 e. The van der Waals surface area contributed by atoms with Crippen molar-refractivity contribution in [2.45, 2.75) is 6.42 Å². The van der Waals surface area contributed by atoms with Crippen molar-refractivity contribution < 1.29 is 14.6 Å². The van der Waals surface area contributed by atoms with Crippen LogP contribution in [0.5, 0.6) is 5.75 Å². The summed E-state index contributed by atoms with van der Waals surface area (Å²) in [5.74, 6) is 0.136. The summed E-state index contributed by atoms with van der Waals surface area (Å²) in [6.07, 6.45) is 0.708. The number of alkyl halides is 1. The zero-order valence-electron chi connectivity index (χ0n) is 9.79. The summed E-state index contributed by atoms with van der Waals surface area (Å²) in [5.41, 5.74) is 0.264. The Morgan fingerprint density at radius 1 is 1.44 bits per heavy atom. The van der Waals surface area contributed by atoms with Gasteiger partial charge in [0, 0.05) is 23.5 Å². The molecule has 0 aliphatic carbocycles. The molecule has 0 bridgehead atoms. The number of hydrogen-bond acceptors (Lipinski definition) is 3. The van der Waals surface area contributed by atoms with E-state index in [-0.39, 0.29) is 17.2 Å². The molecular formula is C12H15BrClNO3. The van der Waals surface area contributed by atoms with E-state index in [2.05, 4.69) is 21.2 Å². The minimum Gasteiger partial charge on any atom is -0.507 e. The average Bonchev–Trinajstić information content (AvgIpc) is 2.33. The highest BCUT2D eigenvalue weighted by atomic mass is 79.9. The quantitative estimate of drug-likeness (QED) is 0.594. The van der Waals surface area contributed by atoms with Crippen molar-refractivity contribution in [2.75, 3.05) is 25.6 Å². The number of carbonyl (C=O) groups excluding carboxylic acids is 1. The number of hydrogen-bond donors (Lipinski definition) is 2. The third-order valence-corrected chi connectivity index (χ3v) is 2.82. The van der Waals surface area contributed by atoms with Crippen LogP contribution in [0.4, 0.5) is 0 Å². The van der Waals surface area contributed by atoms with E-state index in [9.17, 15) is 9.90 Å². The summed E-state index contributed by atoms with van der Waals surface area (Å²) in [5, 5.41) is 12.3. The minimum absolute atomic E-state index is 0.0414. The zero-order chi connectivity index (χ0) is 13.4. The van der Waals surface area contributed by atoms with Crippen LogP contribution in [-0.2, 0) is 4.74 Å². The van der Waals surface area contributed by atoms with E-state index >= 15 is 0 Å². The third kappa shape index (κ3) is 5.25. The largest absolute Gasteiger partial charge is 0.507 e. The fourth-order valence-electron chi connectivity index (χ4n) is 1.32. The lowest BCUT2D eigenvalue weighted by molar-refractivity contribution is 0.0942. The van der Waals surface area contributed by atoms with Crippen molar-refractivity contribution in [3.05, 3.63) is 28.2 Å². The third-order valence-electron chi connectivity index (χ3n) is 2.18. The molecule has 0 aliphatic rings. The van der Waals surface area contributed by atoms with E-state index in [4.69, 9.17) is 16.3 Å². The molecule has 2 N–H and O–H groups in total. The van der Waals surface area contributed by atoms with Gasteiger partial charge in [-0.15, -0.1) is 11.6 Å². The van der Waals surface area contributed by atoms with Crippen molar-refractivity contribution in [2.24, 2.45) is 0 Å². The Labute approximate surface area is 119 Å². The number of phenols is 1. The van der Waals surface area contributed by atoms with Gasteiger partial charge in [-0.2, -0.15) is 0 Å². The number of benzene rings is 1. The van der Waals surface area contributed by atoms with Crippen LogP contribution in [0, 0.1) is 0 Å². The second kappa shape index (κ2) is 8.34. The molecule has 0 saturated carbocycles. The Hall–Kier alpha value is -0.780. The van der Waals surface area contributed by atoms with E-state index in [1.54, 1.807) is 12.1 Å². The summed E-state index contributed by atoms with van der Waals surface area (Å²) in [6.45, 7) is 1.57. The van der Waals surface area contributed by atoms with Gasteiger partial charge < -0.3 is 15.2 Å². The van der Waals surface area contributed by atoms with Gasteiger partial charge in [0.1, 0.15) is 5.75 Å². The van der Waals surface area contributed by atoms with Crippen LogP contribution in [-0.4, -0.2) is 36.7 Å². The first-order valence-electron chi connectivity index (χ1n) is 5.55. The number of amides is 1. The Balaban J connectivity index is 2.32. The molecular weight excluding hydrogens is 321 g/mol. The first-order chi connectivity index (χ1) is 8.65. The van der Waals surface area contributed by atoms with Crippen LogP contribution in [0.1, 0.15) is 16.8 Å². The molecule has 1 aromatic rings. The van der Waals surface area contributed by atoms with E-state index in [1.165, 1.54) is 6.07 Å². The lowest BCUT2D eigenvalue weighted by Gasteiger charge is -2.07. The van der Waals surface area contributed by atoms with Crippen LogP contribution in [0.2, 0.25) is 0 Å². The molecule has 0 unspecified atom stereocenters. The second-order valence-corrected chi connectivity index (χ2v) is 4.87. The number of ether oxygens (including phenoxy) is 1. The lowest BCUT2D eigenvalue weighted by atomic mass is 10.2. The van der Waals surface area contributed by atoms with Gasteiger partial charge in [-0.1, -0.05) is 15.9 Å². The summed E-state index contributed by atoms with van der Waals surface area (Å²) in [6, 6.07) is 4.76. The summed E-state index contributed by atoms with van der Waals surface area (Å²) in [4.78, 5) is 11.7. The summed E-state index contributed by atoms with van der Waals surface area (Å²) >= 11 is 8.66. The van der Waals surface area contributed by atoms with Gasteiger partial charge in [-0.3, -0.25) is 4.79 Å². The van der Waals surface area contributed by atoms with Crippen molar-refractivity contribution >= 4 is 33.4 Å². The van der Waals surface area contributed by atoms with Crippen LogP contribution >= 0.6 is 27.5 Å². The monoisotopic (exact) mass is 335 g/mol. The minimum atomic E-state index is -0.294. The molecule has 0 saturated heterocycles. The van der Waals surface area contributed by atoms with Gasteiger partial charge in [0.2, 0.25) is 0 Å². The normalized spacial score (nSPS) is 10.3. The molecule has 0 radical (unpaired) electrons. The first kappa shape index (κ1) is 15.3. The molecule has 0 spiro atoms. The molecule has 0 atom stereocenters. The Kier molecular flexibility index (Phi) is 7.08. The van der Waals surface area contributed by atoms with Gasteiger partial charge in [0.25, 0.3) is 5.91 Å². The van der Waals surface area contributed by atoms with E-state index < -0.39 is 0 Å². The highest BCUT2D eigenvalue weighted by molar-refractivity contribution is 9.10. The van der Waals surface area contributed by atoms with E-state index in [0.717, 1.165) is 4.47 Å². The molecule has 18 heavy (non-hydrogen) atoms. The molecule has 100 valence electrons. The fraction of sp³-hybridized carbons (Fsp3) is 0.417. The molecule has 1 amide bonds. The summed E-state index contributed by atoms with van der Waals surface area (Å²) in [7, 11) is 0. The number of nitrogens with one attached hydrogen (secondary N) is 1. The molecule has 0 aromatic heterocycles. The Bertz CT molecular complexity index is 401. The molecule has 0 heterocycles. The number of rotatable bonds is 7. The number of phenolic OH excluding ortho intramolecular Hbond substituents is 1. The van der Waals surface area contributed by atoms with Crippen LogP contribution in [0.3, 0.4) is 0 Å². The maximum Gasteiger partial charge on any atom is 0.255 e. The molecule has 1 aromatic carbocycles. The molecule has 0 fully saturated rings. The standard InChI is InChI=1S/C12H15BrClNO3/c13-9-2-3-10(11(16)8-9)12(17)15-5-1-6-18-7-4-14/h2-3,8,16H,1,4-7H2,(H,15,17). The van der Waals surface area contributed by atoms with Crippen molar-refractivity contribution in [3.63, 3.8) is 0 Å². The topological polar surface area (TPSA) is 58.6 Å². The number of halogens is 2. The SMILES string of the molecule is O=C(NCCCOCCCl)c1ccc(Br)cc1O. The maximum absolute atomic E-state index is 11.7. The lowest BCUT2D eigenvalue weighted by Crippen LogP contribution is -2.25. The van der Waals surface area contributed by atoms with Gasteiger partial charge in [-0.05, 0) is 24.6 Å². The number of carbonyl (C=O) groups is 1. The predicted molar refractivity (Wildman–Crippen MR) is 74.3 cm³/mol.